The molecule has 1 saturated carbocycles. The minimum Gasteiger partial charge on any atom is -0.489 e. The van der Waals surface area contributed by atoms with Gasteiger partial charge in [0.2, 0.25) is 0 Å². The molecule has 2 aromatic carbocycles. The lowest BCUT2D eigenvalue weighted by Crippen LogP contribution is -2.38. The van der Waals surface area contributed by atoms with Gasteiger partial charge in [0.1, 0.15) is 6.61 Å². The molecule has 3 aliphatic rings. The van der Waals surface area contributed by atoms with Gasteiger partial charge in [-0.2, -0.15) is 0 Å². The highest BCUT2D eigenvalue weighted by Gasteiger charge is 2.31. The number of rotatable bonds is 8. The Morgan fingerprint density at radius 2 is 1.79 bits per heavy atom. The van der Waals surface area contributed by atoms with Crippen molar-refractivity contribution in [3.05, 3.63) is 47.5 Å². The van der Waals surface area contributed by atoms with Crippen molar-refractivity contribution < 1.29 is 14.6 Å². The zero-order valence-corrected chi connectivity index (χ0v) is 23.5. The zero-order chi connectivity index (χ0) is 26.8. The van der Waals surface area contributed by atoms with Crippen LogP contribution in [0.4, 0.5) is 5.69 Å². The molecule has 6 nitrogen and oxygen atoms in total. The van der Waals surface area contributed by atoms with Crippen LogP contribution in [0.5, 0.6) is 5.75 Å². The van der Waals surface area contributed by atoms with Crippen LogP contribution in [0.15, 0.2) is 36.4 Å². The number of benzene rings is 2. The lowest BCUT2D eigenvalue weighted by molar-refractivity contribution is 0.0697. The number of anilines is 1. The van der Waals surface area contributed by atoms with Crippen LogP contribution >= 0.6 is 0 Å². The Hall–Kier alpha value is -2.99. The number of hydrogen-bond donors (Lipinski definition) is 1. The van der Waals surface area contributed by atoms with Gasteiger partial charge in [0.25, 0.3) is 0 Å². The van der Waals surface area contributed by atoms with E-state index in [2.05, 4.69) is 45.6 Å². The third-order valence-corrected chi connectivity index (χ3v) is 9.14. The predicted molar refractivity (Wildman–Crippen MR) is 158 cm³/mol. The topological polar surface area (TPSA) is 57.9 Å². The van der Waals surface area contributed by atoms with Gasteiger partial charge in [-0.05, 0) is 80.9 Å². The molecule has 1 aliphatic carbocycles. The van der Waals surface area contributed by atoms with Crippen molar-refractivity contribution in [3.63, 3.8) is 0 Å². The molecule has 1 N–H and O–H groups in total. The molecule has 2 aliphatic heterocycles. The maximum Gasteiger partial charge on any atom is 0.335 e. The first-order valence-electron chi connectivity index (χ1n) is 15.3. The summed E-state index contributed by atoms with van der Waals surface area (Å²) in [6, 6.07) is 12.4. The van der Waals surface area contributed by atoms with E-state index in [0.717, 1.165) is 49.4 Å². The molecular weight excluding hydrogens is 486 g/mol. The fourth-order valence-electron chi connectivity index (χ4n) is 7.26. The second kappa shape index (κ2) is 11.6. The van der Waals surface area contributed by atoms with Crippen LogP contribution in [0.1, 0.15) is 86.6 Å². The van der Waals surface area contributed by atoms with Gasteiger partial charge in [-0.1, -0.05) is 44.7 Å². The van der Waals surface area contributed by atoms with Gasteiger partial charge in [-0.15, -0.1) is 0 Å². The second-order valence-corrected chi connectivity index (χ2v) is 11.7. The number of aromatic nitrogens is 1. The summed E-state index contributed by atoms with van der Waals surface area (Å²) in [6.07, 6.45) is 11.3. The van der Waals surface area contributed by atoms with E-state index in [-0.39, 0.29) is 0 Å². The number of carbonyl (C=O) groups is 1. The Kier molecular flexibility index (Phi) is 7.83. The van der Waals surface area contributed by atoms with Crippen LogP contribution in [0.2, 0.25) is 0 Å². The molecule has 208 valence electrons. The van der Waals surface area contributed by atoms with Crippen LogP contribution in [-0.2, 0) is 6.54 Å². The van der Waals surface area contributed by atoms with Gasteiger partial charge in [-0.25, -0.2) is 4.79 Å². The standard InChI is InChI=1S/C33H43N3O3/c1-2-16-35(20-19-34-17-7-4-8-18-34)28-13-9-12-27-31-30(24-10-5-3-6-11-24)26-15-14-25(33(37)38)23-29(26)36(31)21-22-39-32(27)28/h9,12-15,23-24H,2-8,10-11,16-22H2,1H3,(H,37,38). The number of aromatic carboxylic acids is 1. The van der Waals surface area contributed by atoms with E-state index >= 15 is 0 Å². The second-order valence-electron chi connectivity index (χ2n) is 11.7. The number of piperidine rings is 1. The summed E-state index contributed by atoms with van der Waals surface area (Å²) < 4.78 is 8.98. The Morgan fingerprint density at radius 3 is 2.56 bits per heavy atom. The number of likely N-dealkylation sites (tertiary alicyclic amines) is 1. The minimum absolute atomic E-state index is 0.351. The van der Waals surface area contributed by atoms with Gasteiger partial charge < -0.3 is 24.2 Å². The lowest BCUT2D eigenvalue weighted by Gasteiger charge is -2.32. The van der Waals surface area contributed by atoms with E-state index in [1.807, 2.05) is 6.07 Å². The number of fused-ring (bicyclic) bond motifs is 5. The minimum atomic E-state index is -0.872. The molecule has 3 heterocycles. The number of hydrogen-bond acceptors (Lipinski definition) is 4. The van der Waals surface area contributed by atoms with Crippen LogP contribution in [0.3, 0.4) is 0 Å². The molecule has 0 atom stereocenters. The van der Waals surface area contributed by atoms with Crippen molar-refractivity contribution in [2.75, 3.05) is 44.2 Å². The molecule has 39 heavy (non-hydrogen) atoms. The summed E-state index contributed by atoms with van der Waals surface area (Å²) >= 11 is 0. The molecule has 6 rings (SSSR count). The van der Waals surface area contributed by atoms with Gasteiger partial charge in [-0.3, -0.25) is 0 Å². The van der Waals surface area contributed by atoms with Gasteiger partial charge in [0.05, 0.1) is 23.5 Å². The molecule has 1 aromatic heterocycles. The number of carboxylic acid groups (broad SMARTS) is 1. The highest BCUT2D eigenvalue weighted by molar-refractivity contribution is 5.99. The number of nitrogens with zero attached hydrogens (tertiary/aromatic N) is 3. The third-order valence-electron chi connectivity index (χ3n) is 9.14. The Labute approximate surface area is 232 Å². The Bertz CT molecular complexity index is 1320. The van der Waals surface area contributed by atoms with Gasteiger partial charge in [0, 0.05) is 36.1 Å². The van der Waals surface area contributed by atoms with Gasteiger partial charge in [0.15, 0.2) is 5.75 Å². The highest BCUT2D eigenvalue weighted by atomic mass is 16.5. The number of para-hydroxylation sites is 1. The van der Waals surface area contributed by atoms with Crippen molar-refractivity contribution >= 4 is 22.6 Å². The van der Waals surface area contributed by atoms with E-state index in [1.165, 1.54) is 86.8 Å². The molecule has 0 unspecified atom stereocenters. The molecule has 0 amide bonds. The quantitative estimate of drug-likeness (QED) is 0.336. The Morgan fingerprint density at radius 1 is 1.00 bits per heavy atom. The molecule has 0 bridgehead atoms. The van der Waals surface area contributed by atoms with Crippen molar-refractivity contribution in [2.45, 2.75) is 77.2 Å². The normalized spacial score (nSPS) is 18.3. The van der Waals surface area contributed by atoms with Crippen molar-refractivity contribution in [3.8, 4) is 17.0 Å². The van der Waals surface area contributed by atoms with E-state index < -0.39 is 5.97 Å². The largest absolute Gasteiger partial charge is 0.489 e. The summed E-state index contributed by atoms with van der Waals surface area (Å²) in [5.74, 6) is 0.624. The monoisotopic (exact) mass is 529 g/mol. The van der Waals surface area contributed by atoms with Crippen molar-refractivity contribution in [1.29, 1.82) is 0 Å². The molecule has 0 spiro atoms. The molecular formula is C33H43N3O3. The lowest BCUT2D eigenvalue weighted by atomic mass is 9.81. The maximum absolute atomic E-state index is 11.9. The smallest absolute Gasteiger partial charge is 0.335 e. The zero-order valence-electron chi connectivity index (χ0n) is 23.5. The van der Waals surface area contributed by atoms with Crippen LogP contribution in [-0.4, -0.2) is 59.9 Å². The summed E-state index contributed by atoms with van der Waals surface area (Å²) in [4.78, 5) is 17.1. The predicted octanol–water partition coefficient (Wildman–Crippen LogP) is 7.15. The van der Waals surface area contributed by atoms with Crippen LogP contribution in [0.25, 0.3) is 22.2 Å². The summed E-state index contributed by atoms with van der Waals surface area (Å²) in [5.41, 5.74) is 6.40. The van der Waals surface area contributed by atoms with E-state index in [4.69, 9.17) is 4.74 Å². The molecule has 6 heteroatoms. The first kappa shape index (κ1) is 26.2. The molecule has 2 fully saturated rings. The first-order valence-corrected chi connectivity index (χ1v) is 15.3. The summed E-state index contributed by atoms with van der Waals surface area (Å²) in [6.45, 7) is 9.09. The van der Waals surface area contributed by atoms with Crippen molar-refractivity contribution in [1.82, 2.24) is 9.47 Å². The van der Waals surface area contributed by atoms with E-state index in [9.17, 15) is 9.90 Å². The van der Waals surface area contributed by atoms with E-state index in [1.54, 1.807) is 6.07 Å². The molecule has 0 radical (unpaired) electrons. The fraction of sp³-hybridized carbons (Fsp3) is 0.545. The summed E-state index contributed by atoms with van der Waals surface area (Å²) in [5, 5.41) is 11.0. The van der Waals surface area contributed by atoms with Crippen LogP contribution in [0, 0.1) is 0 Å². The maximum atomic E-state index is 11.9. The average molecular weight is 530 g/mol. The average Bonchev–Trinajstić information content (AvgIpc) is 3.16. The fourth-order valence-corrected chi connectivity index (χ4v) is 7.26. The first-order chi connectivity index (χ1) is 19.2. The van der Waals surface area contributed by atoms with E-state index in [0.29, 0.717) is 18.1 Å². The summed E-state index contributed by atoms with van der Waals surface area (Å²) in [7, 11) is 0. The molecule has 3 aromatic rings. The van der Waals surface area contributed by atoms with Crippen molar-refractivity contribution in [2.24, 2.45) is 0 Å². The Balaban J connectivity index is 1.47. The third kappa shape index (κ3) is 5.16. The molecule has 1 saturated heterocycles. The van der Waals surface area contributed by atoms with Crippen LogP contribution < -0.4 is 9.64 Å². The SMILES string of the molecule is CCCN(CCN1CCCCC1)c1cccc2c1OCCn1c-2c(C2CCCCC2)c2ccc(C(=O)O)cc21. The number of ether oxygens (including phenoxy) is 1. The highest BCUT2D eigenvalue weighted by Crippen LogP contribution is 2.49. The number of carboxylic acids is 1. The van der Waals surface area contributed by atoms with Gasteiger partial charge >= 0.3 is 5.97 Å².